The number of carbonyl (C=O) groups excluding carboxylic acids is 1. The highest BCUT2D eigenvalue weighted by Crippen LogP contribution is 2.19. The highest BCUT2D eigenvalue weighted by atomic mass is 16.5. The van der Waals surface area contributed by atoms with Gasteiger partial charge in [0.1, 0.15) is 6.54 Å². The van der Waals surface area contributed by atoms with Gasteiger partial charge in [-0.2, -0.15) is 5.10 Å². The molecule has 7 nitrogen and oxygen atoms in total. The summed E-state index contributed by atoms with van der Waals surface area (Å²) in [4.78, 5) is 19.0. The minimum atomic E-state index is -0.0488. The molecule has 0 saturated carbocycles. The van der Waals surface area contributed by atoms with E-state index in [4.69, 9.17) is 4.74 Å². The number of hydrogen-bond acceptors (Lipinski definition) is 5. The molecule has 24 heavy (non-hydrogen) atoms. The summed E-state index contributed by atoms with van der Waals surface area (Å²) in [6.45, 7) is 5.82. The summed E-state index contributed by atoms with van der Waals surface area (Å²) in [5.41, 5.74) is 2.01. The van der Waals surface area contributed by atoms with Crippen LogP contribution in [0.2, 0.25) is 0 Å². The van der Waals surface area contributed by atoms with E-state index in [1.54, 1.807) is 17.1 Å². The predicted molar refractivity (Wildman–Crippen MR) is 89.3 cm³/mol. The molecular formula is C17H23N5O2. The average Bonchev–Trinajstić information content (AvgIpc) is 3.02. The van der Waals surface area contributed by atoms with Crippen LogP contribution in [0.4, 0.5) is 0 Å². The van der Waals surface area contributed by atoms with Crippen molar-refractivity contribution in [3.05, 3.63) is 48.0 Å². The van der Waals surface area contributed by atoms with Gasteiger partial charge in [0.05, 0.1) is 31.1 Å². The van der Waals surface area contributed by atoms with E-state index in [0.717, 1.165) is 24.3 Å². The first-order valence-electron chi connectivity index (χ1n) is 8.21. The SMILES string of the molecule is Cc1cnn(CC(=O)NC[C@@H](c2ccccn2)N2CCOCC2)c1. The lowest BCUT2D eigenvalue weighted by Gasteiger charge is -2.34. The Morgan fingerprint density at radius 1 is 1.38 bits per heavy atom. The average molecular weight is 329 g/mol. The lowest BCUT2D eigenvalue weighted by molar-refractivity contribution is -0.122. The maximum Gasteiger partial charge on any atom is 0.241 e. The summed E-state index contributed by atoms with van der Waals surface area (Å²) in [6, 6.07) is 5.93. The number of hydrogen-bond donors (Lipinski definition) is 1. The lowest BCUT2D eigenvalue weighted by Crippen LogP contribution is -2.44. The molecule has 128 valence electrons. The van der Waals surface area contributed by atoms with Crippen LogP contribution in [0.15, 0.2) is 36.8 Å². The first-order valence-corrected chi connectivity index (χ1v) is 8.21. The molecule has 2 aromatic heterocycles. The second kappa shape index (κ2) is 8.03. The van der Waals surface area contributed by atoms with Gasteiger partial charge in [-0.05, 0) is 24.6 Å². The van der Waals surface area contributed by atoms with Crippen molar-refractivity contribution in [3.8, 4) is 0 Å². The fourth-order valence-corrected chi connectivity index (χ4v) is 2.85. The number of aryl methyl sites for hydroxylation is 1. The molecule has 3 rings (SSSR count). The summed E-state index contributed by atoms with van der Waals surface area (Å²) in [5.74, 6) is -0.0488. The Morgan fingerprint density at radius 2 is 2.21 bits per heavy atom. The zero-order chi connectivity index (χ0) is 16.8. The van der Waals surface area contributed by atoms with E-state index in [2.05, 4.69) is 20.3 Å². The number of carbonyl (C=O) groups is 1. The van der Waals surface area contributed by atoms with E-state index < -0.39 is 0 Å². The number of pyridine rings is 1. The highest BCUT2D eigenvalue weighted by molar-refractivity contribution is 5.75. The molecule has 2 aromatic rings. The van der Waals surface area contributed by atoms with Gasteiger partial charge in [-0.15, -0.1) is 0 Å². The third kappa shape index (κ3) is 4.39. The first-order chi connectivity index (χ1) is 11.7. The molecule has 1 N–H and O–H groups in total. The Morgan fingerprint density at radius 3 is 2.88 bits per heavy atom. The zero-order valence-electron chi connectivity index (χ0n) is 13.9. The maximum absolute atomic E-state index is 12.2. The molecule has 1 saturated heterocycles. The number of nitrogens with zero attached hydrogens (tertiary/aromatic N) is 4. The van der Waals surface area contributed by atoms with Crippen LogP contribution >= 0.6 is 0 Å². The van der Waals surface area contributed by atoms with E-state index in [1.165, 1.54) is 0 Å². The molecule has 0 aromatic carbocycles. The van der Waals surface area contributed by atoms with Crippen molar-refractivity contribution in [1.29, 1.82) is 0 Å². The standard InChI is InChI=1S/C17H23N5O2/c1-14-10-20-22(12-14)13-17(23)19-11-16(15-4-2-3-5-18-15)21-6-8-24-9-7-21/h2-5,10,12,16H,6-9,11,13H2,1H3,(H,19,23)/t16-/m0/s1. The van der Waals surface area contributed by atoms with Crippen LogP contribution in [0, 0.1) is 6.92 Å². The molecule has 1 fully saturated rings. The Bertz CT molecular complexity index is 652. The van der Waals surface area contributed by atoms with Crippen LogP contribution in [0.3, 0.4) is 0 Å². The summed E-state index contributed by atoms with van der Waals surface area (Å²) in [6.07, 6.45) is 5.40. The van der Waals surface area contributed by atoms with E-state index in [1.807, 2.05) is 31.3 Å². The molecule has 0 aliphatic carbocycles. The van der Waals surface area contributed by atoms with E-state index in [-0.39, 0.29) is 18.5 Å². The van der Waals surface area contributed by atoms with Gasteiger partial charge < -0.3 is 10.1 Å². The molecule has 1 amide bonds. The van der Waals surface area contributed by atoms with Crippen molar-refractivity contribution < 1.29 is 9.53 Å². The van der Waals surface area contributed by atoms with Crippen molar-refractivity contribution in [2.75, 3.05) is 32.8 Å². The van der Waals surface area contributed by atoms with Gasteiger partial charge >= 0.3 is 0 Å². The van der Waals surface area contributed by atoms with E-state index in [9.17, 15) is 4.79 Å². The van der Waals surface area contributed by atoms with Crippen LogP contribution in [-0.2, 0) is 16.1 Å². The second-order valence-corrected chi connectivity index (χ2v) is 5.94. The Kier molecular flexibility index (Phi) is 5.55. The molecule has 1 aliphatic rings. The summed E-state index contributed by atoms with van der Waals surface area (Å²) >= 11 is 0. The molecule has 0 spiro atoms. The van der Waals surface area contributed by atoms with E-state index >= 15 is 0 Å². The molecule has 1 atom stereocenters. The number of nitrogens with one attached hydrogen (secondary N) is 1. The van der Waals surface area contributed by atoms with Crippen LogP contribution in [0.1, 0.15) is 17.3 Å². The first kappa shape index (κ1) is 16.6. The maximum atomic E-state index is 12.2. The van der Waals surface area contributed by atoms with Gasteiger partial charge in [0.25, 0.3) is 0 Å². The Hall–Kier alpha value is -2.25. The molecule has 0 unspecified atom stereocenters. The molecule has 1 aliphatic heterocycles. The topological polar surface area (TPSA) is 72.3 Å². The normalized spacial score (nSPS) is 16.7. The van der Waals surface area contributed by atoms with E-state index in [0.29, 0.717) is 19.8 Å². The number of ether oxygens (including phenoxy) is 1. The third-order valence-corrected chi connectivity index (χ3v) is 4.08. The third-order valence-electron chi connectivity index (χ3n) is 4.08. The highest BCUT2D eigenvalue weighted by Gasteiger charge is 2.24. The van der Waals surface area contributed by atoms with Gasteiger partial charge in [-0.25, -0.2) is 0 Å². The number of amides is 1. The summed E-state index contributed by atoms with van der Waals surface area (Å²) in [7, 11) is 0. The fourth-order valence-electron chi connectivity index (χ4n) is 2.85. The fraction of sp³-hybridized carbons (Fsp3) is 0.471. The lowest BCUT2D eigenvalue weighted by atomic mass is 10.1. The minimum absolute atomic E-state index is 0.0488. The predicted octanol–water partition coefficient (Wildman–Crippen LogP) is 0.776. The van der Waals surface area contributed by atoms with Crippen molar-refractivity contribution in [2.45, 2.75) is 19.5 Å². The van der Waals surface area contributed by atoms with Crippen LogP contribution < -0.4 is 5.32 Å². The molecule has 3 heterocycles. The van der Waals surface area contributed by atoms with Crippen molar-refractivity contribution in [1.82, 2.24) is 25.0 Å². The minimum Gasteiger partial charge on any atom is -0.379 e. The van der Waals surface area contributed by atoms with Crippen LogP contribution in [0.25, 0.3) is 0 Å². The molecule has 0 bridgehead atoms. The smallest absolute Gasteiger partial charge is 0.241 e. The molecular weight excluding hydrogens is 306 g/mol. The summed E-state index contributed by atoms with van der Waals surface area (Å²) in [5, 5.41) is 7.16. The summed E-state index contributed by atoms with van der Waals surface area (Å²) < 4.78 is 7.08. The molecule has 0 radical (unpaired) electrons. The quantitative estimate of drug-likeness (QED) is 0.848. The van der Waals surface area contributed by atoms with Gasteiger partial charge in [-0.1, -0.05) is 6.07 Å². The van der Waals surface area contributed by atoms with Gasteiger partial charge in [0.15, 0.2) is 0 Å². The number of aromatic nitrogens is 3. The molecule has 7 heteroatoms. The van der Waals surface area contributed by atoms with Gasteiger partial charge in [0.2, 0.25) is 5.91 Å². The van der Waals surface area contributed by atoms with Gasteiger partial charge in [-0.3, -0.25) is 19.4 Å². The second-order valence-electron chi connectivity index (χ2n) is 5.94. The van der Waals surface area contributed by atoms with Gasteiger partial charge in [0, 0.05) is 32.0 Å². The number of morpholine rings is 1. The monoisotopic (exact) mass is 329 g/mol. The van der Waals surface area contributed by atoms with Crippen LogP contribution in [-0.4, -0.2) is 58.4 Å². The van der Waals surface area contributed by atoms with Crippen molar-refractivity contribution in [3.63, 3.8) is 0 Å². The largest absolute Gasteiger partial charge is 0.379 e. The van der Waals surface area contributed by atoms with Crippen molar-refractivity contribution in [2.24, 2.45) is 0 Å². The van der Waals surface area contributed by atoms with Crippen molar-refractivity contribution >= 4 is 5.91 Å². The Balaban J connectivity index is 1.62. The zero-order valence-corrected chi connectivity index (χ0v) is 13.9. The number of rotatable bonds is 6. The van der Waals surface area contributed by atoms with Crippen LogP contribution in [0.5, 0.6) is 0 Å². The Labute approximate surface area is 141 Å².